The van der Waals surface area contributed by atoms with E-state index in [-0.39, 0.29) is 30.2 Å². The molecule has 25 heavy (non-hydrogen) atoms. The second kappa shape index (κ2) is 8.54. The van der Waals surface area contributed by atoms with Crippen molar-refractivity contribution in [3.63, 3.8) is 0 Å². The van der Waals surface area contributed by atoms with Crippen LogP contribution in [0.25, 0.3) is 5.69 Å². The highest BCUT2D eigenvalue weighted by Gasteiger charge is 2.33. The van der Waals surface area contributed by atoms with Gasteiger partial charge in [-0.25, -0.2) is 4.68 Å². The van der Waals surface area contributed by atoms with E-state index in [4.69, 9.17) is 5.73 Å². The van der Waals surface area contributed by atoms with Gasteiger partial charge in [-0.2, -0.15) is 5.10 Å². The van der Waals surface area contributed by atoms with Crippen LogP contribution in [-0.2, 0) is 6.54 Å². The number of halogens is 2. The Morgan fingerprint density at radius 3 is 2.32 bits per heavy atom. The second-order valence-electron chi connectivity index (χ2n) is 7.60. The lowest BCUT2D eigenvalue weighted by molar-refractivity contribution is 0.0899. The molecule has 4 nitrogen and oxygen atoms in total. The van der Waals surface area contributed by atoms with Crippen LogP contribution >= 0.6 is 24.8 Å². The number of aromatic nitrogens is 2. The zero-order valence-corrected chi connectivity index (χ0v) is 17.2. The third-order valence-electron chi connectivity index (χ3n) is 4.99. The quantitative estimate of drug-likeness (QED) is 0.872. The minimum Gasteiger partial charge on any atom is -0.327 e. The van der Waals surface area contributed by atoms with Gasteiger partial charge in [-0.15, -0.1) is 24.8 Å². The lowest BCUT2D eigenvalue weighted by Crippen LogP contribution is -2.52. The van der Waals surface area contributed by atoms with Crippen molar-refractivity contribution in [3.05, 3.63) is 47.3 Å². The molecule has 1 aromatic heterocycles. The number of nitrogens with zero attached hydrogens (tertiary/aromatic N) is 3. The summed E-state index contributed by atoms with van der Waals surface area (Å²) < 4.78 is 2.00. The van der Waals surface area contributed by atoms with Gasteiger partial charge >= 0.3 is 0 Å². The van der Waals surface area contributed by atoms with Crippen LogP contribution in [0.15, 0.2) is 30.3 Å². The lowest BCUT2D eigenvalue weighted by atomic mass is 9.79. The smallest absolute Gasteiger partial charge is 0.0648 e. The molecule has 1 aliphatic rings. The van der Waals surface area contributed by atoms with Crippen LogP contribution in [-0.4, -0.2) is 33.8 Å². The molecule has 140 valence electrons. The Bertz CT molecular complexity index is 679. The monoisotopic (exact) mass is 384 g/mol. The van der Waals surface area contributed by atoms with Crippen LogP contribution in [0.3, 0.4) is 0 Å². The molecule has 6 heteroatoms. The Balaban J connectivity index is 0.00000156. The third-order valence-corrected chi connectivity index (χ3v) is 4.99. The van der Waals surface area contributed by atoms with E-state index in [9.17, 15) is 0 Å². The minimum absolute atomic E-state index is 0. The summed E-state index contributed by atoms with van der Waals surface area (Å²) in [6, 6.07) is 11.2. The molecule has 0 spiro atoms. The second-order valence-corrected chi connectivity index (χ2v) is 7.60. The molecule has 1 aliphatic heterocycles. The van der Waals surface area contributed by atoms with E-state index in [0.29, 0.717) is 6.04 Å². The first kappa shape index (κ1) is 22.0. The van der Waals surface area contributed by atoms with Gasteiger partial charge in [-0.05, 0) is 49.4 Å². The van der Waals surface area contributed by atoms with Crippen molar-refractivity contribution in [2.24, 2.45) is 11.1 Å². The number of rotatable bonds is 3. The SMILES string of the molecule is Cc1cc(C)n(-c2ccc(CN3CCC(N)C(C)(C)C3)cc2)n1.Cl.Cl. The Morgan fingerprint density at radius 2 is 1.80 bits per heavy atom. The Kier molecular flexibility index (Phi) is 7.51. The topological polar surface area (TPSA) is 47.1 Å². The molecule has 1 saturated heterocycles. The predicted octanol–water partition coefficient (Wildman–Crippen LogP) is 3.89. The molecule has 1 aromatic carbocycles. The van der Waals surface area contributed by atoms with Crippen molar-refractivity contribution in [2.75, 3.05) is 13.1 Å². The maximum Gasteiger partial charge on any atom is 0.0648 e. The average Bonchev–Trinajstić information content (AvgIpc) is 2.82. The zero-order chi connectivity index (χ0) is 16.6. The number of piperidine rings is 1. The number of aryl methyl sites for hydroxylation is 2. The van der Waals surface area contributed by atoms with Crippen LogP contribution < -0.4 is 5.73 Å². The summed E-state index contributed by atoms with van der Waals surface area (Å²) in [5.74, 6) is 0. The molecule has 0 saturated carbocycles. The summed E-state index contributed by atoms with van der Waals surface area (Å²) in [5.41, 5.74) is 11.1. The molecule has 2 N–H and O–H groups in total. The van der Waals surface area contributed by atoms with E-state index < -0.39 is 0 Å². The third kappa shape index (κ3) is 4.98. The number of likely N-dealkylation sites (tertiary alicyclic amines) is 1. The largest absolute Gasteiger partial charge is 0.327 e. The molecule has 2 heterocycles. The fourth-order valence-electron chi connectivity index (χ4n) is 3.51. The molecule has 3 rings (SSSR count). The highest BCUT2D eigenvalue weighted by atomic mass is 35.5. The van der Waals surface area contributed by atoms with Gasteiger partial charge in [0.1, 0.15) is 0 Å². The fourth-order valence-corrected chi connectivity index (χ4v) is 3.51. The van der Waals surface area contributed by atoms with Crippen molar-refractivity contribution in [3.8, 4) is 5.69 Å². The van der Waals surface area contributed by atoms with Crippen LogP contribution in [0, 0.1) is 19.3 Å². The van der Waals surface area contributed by atoms with Crippen molar-refractivity contribution in [1.82, 2.24) is 14.7 Å². The highest BCUT2D eigenvalue weighted by Crippen LogP contribution is 2.28. The summed E-state index contributed by atoms with van der Waals surface area (Å²) in [6.07, 6.45) is 1.08. The van der Waals surface area contributed by atoms with Gasteiger partial charge in [0.25, 0.3) is 0 Å². The first-order valence-electron chi connectivity index (χ1n) is 8.46. The van der Waals surface area contributed by atoms with Gasteiger partial charge in [-0.1, -0.05) is 26.0 Å². The predicted molar refractivity (Wildman–Crippen MR) is 109 cm³/mol. The van der Waals surface area contributed by atoms with Gasteiger partial charge in [-0.3, -0.25) is 4.90 Å². The van der Waals surface area contributed by atoms with Gasteiger partial charge in [0.05, 0.1) is 11.4 Å². The summed E-state index contributed by atoms with van der Waals surface area (Å²) in [5, 5.41) is 4.55. The maximum absolute atomic E-state index is 6.23. The van der Waals surface area contributed by atoms with Gasteiger partial charge in [0.2, 0.25) is 0 Å². The molecular weight excluding hydrogens is 355 g/mol. The van der Waals surface area contributed by atoms with Gasteiger partial charge in [0.15, 0.2) is 0 Å². The molecule has 1 unspecified atom stereocenters. The molecule has 0 amide bonds. The van der Waals surface area contributed by atoms with E-state index in [1.165, 1.54) is 11.3 Å². The van der Waals surface area contributed by atoms with Crippen molar-refractivity contribution < 1.29 is 0 Å². The summed E-state index contributed by atoms with van der Waals surface area (Å²) >= 11 is 0. The van der Waals surface area contributed by atoms with E-state index >= 15 is 0 Å². The highest BCUT2D eigenvalue weighted by molar-refractivity contribution is 5.85. The van der Waals surface area contributed by atoms with Crippen LogP contribution in [0.5, 0.6) is 0 Å². The minimum atomic E-state index is 0. The number of hydrogen-bond acceptors (Lipinski definition) is 3. The van der Waals surface area contributed by atoms with E-state index in [1.807, 2.05) is 11.6 Å². The fraction of sp³-hybridized carbons (Fsp3) is 0.526. The first-order valence-corrected chi connectivity index (χ1v) is 8.46. The van der Waals surface area contributed by atoms with E-state index in [2.05, 4.69) is 61.1 Å². The van der Waals surface area contributed by atoms with Crippen molar-refractivity contribution in [2.45, 2.75) is 46.7 Å². The molecule has 0 bridgehead atoms. The van der Waals surface area contributed by atoms with Crippen LogP contribution in [0.2, 0.25) is 0 Å². The zero-order valence-electron chi connectivity index (χ0n) is 15.5. The molecular formula is C19H30Cl2N4. The van der Waals surface area contributed by atoms with Gasteiger partial charge < -0.3 is 5.73 Å². The van der Waals surface area contributed by atoms with E-state index in [0.717, 1.165) is 37.4 Å². The number of hydrogen-bond donors (Lipinski definition) is 1. The normalized spacial score (nSPS) is 19.8. The van der Waals surface area contributed by atoms with E-state index in [1.54, 1.807) is 0 Å². The van der Waals surface area contributed by atoms with Gasteiger partial charge in [0, 0.05) is 31.4 Å². The number of benzene rings is 1. The molecule has 1 fully saturated rings. The maximum atomic E-state index is 6.23. The Labute approximate surface area is 163 Å². The van der Waals surface area contributed by atoms with Crippen molar-refractivity contribution in [1.29, 1.82) is 0 Å². The summed E-state index contributed by atoms with van der Waals surface area (Å²) in [6.45, 7) is 11.8. The molecule has 0 radical (unpaired) electrons. The van der Waals surface area contributed by atoms with Crippen molar-refractivity contribution >= 4 is 24.8 Å². The van der Waals surface area contributed by atoms with Crippen LogP contribution in [0.1, 0.15) is 37.2 Å². The molecule has 2 aromatic rings. The summed E-state index contributed by atoms with van der Waals surface area (Å²) in [7, 11) is 0. The standard InChI is InChI=1S/C19H28N4.2ClH/c1-14-11-15(2)23(21-14)17-7-5-16(6-8-17)12-22-10-9-18(20)19(3,4)13-22;;/h5-8,11,18H,9-10,12-13,20H2,1-4H3;2*1H. The Morgan fingerprint density at radius 1 is 1.16 bits per heavy atom. The average molecular weight is 385 g/mol. The van der Waals surface area contributed by atoms with Crippen LogP contribution in [0.4, 0.5) is 0 Å². The molecule has 1 atom stereocenters. The Hall–Kier alpha value is -1.07. The first-order chi connectivity index (χ1) is 10.8. The summed E-state index contributed by atoms with van der Waals surface area (Å²) in [4.78, 5) is 2.52. The lowest BCUT2D eigenvalue weighted by Gasteiger charge is -2.42. The molecule has 0 aliphatic carbocycles. The number of nitrogens with two attached hydrogens (primary N) is 1.